The minimum Gasteiger partial charge on any atom is -0.480 e. The van der Waals surface area contributed by atoms with Crippen LogP contribution in [0.4, 0.5) is 10.1 Å². The second-order valence-corrected chi connectivity index (χ2v) is 5.92. The Morgan fingerprint density at radius 1 is 1.36 bits per heavy atom. The van der Waals surface area contributed by atoms with Crippen LogP contribution in [-0.2, 0) is 4.79 Å². The maximum Gasteiger partial charge on any atom is 0.265 e. The van der Waals surface area contributed by atoms with Crippen molar-refractivity contribution < 1.29 is 13.9 Å². The topological polar surface area (TPSA) is 81.9 Å². The molecule has 2 aromatic heterocycles. The van der Waals surface area contributed by atoms with Gasteiger partial charge in [-0.05, 0) is 53.2 Å². The zero-order valence-corrected chi connectivity index (χ0v) is 14.6. The van der Waals surface area contributed by atoms with Crippen molar-refractivity contribution in [3.63, 3.8) is 0 Å². The molecule has 3 rings (SSSR count). The van der Waals surface area contributed by atoms with Crippen molar-refractivity contribution in [1.82, 2.24) is 19.7 Å². The highest BCUT2D eigenvalue weighted by Gasteiger charge is 2.16. The van der Waals surface area contributed by atoms with Crippen LogP contribution in [0.1, 0.15) is 6.92 Å². The monoisotopic (exact) mass is 405 g/mol. The molecule has 128 valence electrons. The van der Waals surface area contributed by atoms with Gasteiger partial charge in [0.15, 0.2) is 11.9 Å². The van der Waals surface area contributed by atoms with Crippen LogP contribution in [-0.4, -0.2) is 31.8 Å². The molecule has 1 amide bonds. The van der Waals surface area contributed by atoms with E-state index in [0.29, 0.717) is 21.7 Å². The van der Waals surface area contributed by atoms with E-state index in [1.54, 1.807) is 19.1 Å². The normalized spacial score (nSPS) is 11.8. The number of ether oxygens (including phenoxy) is 1. The molecular formula is C16H13BrFN5O2. The van der Waals surface area contributed by atoms with E-state index in [4.69, 9.17) is 4.74 Å². The third kappa shape index (κ3) is 4.18. The van der Waals surface area contributed by atoms with E-state index >= 15 is 0 Å². The van der Waals surface area contributed by atoms with E-state index < -0.39 is 11.9 Å². The molecule has 7 nitrogen and oxygen atoms in total. The number of nitrogens with one attached hydrogen (secondary N) is 1. The predicted molar refractivity (Wildman–Crippen MR) is 92.0 cm³/mol. The summed E-state index contributed by atoms with van der Waals surface area (Å²) in [6.45, 7) is 1.60. The van der Waals surface area contributed by atoms with Crippen molar-refractivity contribution in [2.24, 2.45) is 0 Å². The molecule has 0 bridgehead atoms. The summed E-state index contributed by atoms with van der Waals surface area (Å²) in [6, 6.07) is 7.39. The Labute approximate surface area is 151 Å². The molecule has 1 atom stereocenters. The molecule has 0 saturated carbocycles. The Morgan fingerprint density at radius 3 is 2.84 bits per heavy atom. The minimum atomic E-state index is -0.781. The fourth-order valence-electron chi connectivity index (χ4n) is 1.98. The highest BCUT2D eigenvalue weighted by molar-refractivity contribution is 9.10. The first-order valence-electron chi connectivity index (χ1n) is 7.26. The van der Waals surface area contributed by atoms with Gasteiger partial charge >= 0.3 is 0 Å². The van der Waals surface area contributed by atoms with E-state index in [-0.39, 0.29) is 5.91 Å². The van der Waals surface area contributed by atoms with Crippen molar-refractivity contribution in [1.29, 1.82) is 0 Å². The number of hydrogen-bond donors (Lipinski definition) is 1. The molecule has 0 saturated heterocycles. The van der Waals surface area contributed by atoms with Gasteiger partial charge in [-0.15, -0.1) is 0 Å². The lowest BCUT2D eigenvalue weighted by Gasteiger charge is -2.15. The fourth-order valence-corrected chi connectivity index (χ4v) is 2.43. The summed E-state index contributed by atoms with van der Waals surface area (Å²) in [5.41, 5.74) is 0.516. The first kappa shape index (κ1) is 17.0. The largest absolute Gasteiger partial charge is 0.480 e. The van der Waals surface area contributed by atoms with Crippen LogP contribution in [0.25, 0.3) is 5.82 Å². The molecule has 2 heterocycles. The number of hydrogen-bond acceptors (Lipinski definition) is 5. The van der Waals surface area contributed by atoms with Gasteiger partial charge in [-0.3, -0.25) is 4.79 Å². The summed E-state index contributed by atoms with van der Waals surface area (Å²) >= 11 is 3.20. The number of rotatable bonds is 5. The molecule has 1 N–H and O–H groups in total. The molecule has 9 heteroatoms. The second kappa shape index (κ2) is 7.39. The van der Waals surface area contributed by atoms with Crippen molar-refractivity contribution in [2.45, 2.75) is 13.0 Å². The molecule has 0 fully saturated rings. The van der Waals surface area contributed by atoms with Crippen LogP contribution in [0, 0.1) is 5.82 Å². The fraction of sp³-hybridized carbons (Fsp3) is 0.125. The molecule has 0 aliphatic rings. The smallest absolute Gasteiger partial charge is 0.265 e. The number of carbonyl (C=O) groups excluding carboxylic acids is 1. The molecule has 3 aromatic rings. The van der Waals surface area contributed by atoms with Gasteiger partial charge in [0.25, 0.3) is 5.91 Å². The highest BCUT2D eigenvalue weighted by Crippen LogP contribution is 2.26. The number of benzene rings is 1. The number of anilines is 1. The van der Waals surface area contributed by atoms with Gasteiger partial charge in [-0.1, -0.05) is 0 Å². The lowest BCUT2D eigenvalue weighted by Crippen LogP contribution is -2.30. The molecule has 0 spiro atoms. The zero-order valence-electron chi connectivity index (χ0n) is 13.1. The van der Waals surface area contributed by atoms with E-state index in [0.717, 1.165) is 0 Å². The molecular weight excluding hydrogens is 393 g/mol. The van der Waals surface area contributed by atoms with Crippen LogP contribution in [0.3, 0.4) is 0 Å². The Kier molecular flexibility index (Phi) is 5.03. The van der Waals surface area contributed by atoms with Gasteiger partial charge in [-0.25, -0.2) is 19.0 Å². The maximum atomic E-state index is 13.1. The standard InChI is InChI=1S/C16H13BrFN5O2/c1-10(25-14-4-2-11(18)6-13(14)17)16(24)22-12-3-5-15(20-7-12)23-9-19-8-21-23/h2-10H,1H3,(H,22,24)/t10-/m1/s1. The summed E-state index contributed by atoms with van der Waals surface area (Å²) in [5, 5.41) is 6.68. The molecule has 0 unspecified atom stereocenters. The molecule has 0 aliphatic carbocycles. The van der Waals surface area contributed by atoms with Crippen molar-refractivity contribution in [2.75, 3.05) is 5.32 Å². The average molecular weight is 406 g/mol. The van der Waals surface area contributed by atoms with Gasteiger partial charge in [0.05, 0.1) is 16.4 Å². The number of pyridine rings is 1. The number of halogens is 2. The highest BCUT2D eigenvalue weighted by atomic mass is 79.9. The van der Waals surface area contributed by atoms with Crippen LogP contribution in [0.15, 0.2) is 53.7 Å². The van der Waals surface area contributed by atoms with Crippen molar-refractivity contribution in [3.8, 4) is 11.6 Å². The Hall–Kier alpha value is -2.81. The molecule has 1 aromatic carbocycles. The van der Waals surface area contributed by atoms with Crippen molar-refractivity contribution >= 4 is 27.5 Å². The predicted octanol–water partition coefficient (Wildman–Crippen LogP) is 2.97. The van der Waals surface area contributed by atoms with Crippen LogP contribution < -0.4 is 10.1 Å². The van der Waals surface area contributed by atoms with Gasteiger partial charge in [-0.2, -0.15) is 5.10 Å². The third-order valence-corrected chi connectivity index (χ3v) is 3.86. The van der Waals surface area contributed by atoms with Gasteiger partial charge < -0.3 is 10.1 Å². The van der Waals surface area contributed by atoms with Crippen molar-refractivity contribution in [3.05, 3.63) is 59.5 Å². The van der Waals surface area contributed by atoms with E-state index in [1.807, 2.05) is 0 Å². The summed E-state index contributed by atoms with van der Waals surface area (Å²) in [4.78, 5) is 20.3. The Bertz CT molecular complexity index is 871. The lowest BCUT2D eigenvalue weighted by atomic mass is 10.3. The summed E-state index contributed by atoms with van der Waals surface area (Å²) in [7, 11) is 0. The quantitative estimate of drug-likeness (QED) is 0.705. The third-order valence-electron chi connectivity index (χ3n) is 3.24. The number of nitrogens with zero attached hydrogens (tertiary/aromatic N) is 4. The van der Waals surface area contributed by atoms with Crippen LogP contribution >= 0.6 is 15.9 Å². The zero-order chi connectivity index (χ0) is 17.8. The summed E-state index contributed by atoms with van der Waals surface area (Å²) in [5.74, 6) is 0.208. The first-order chi connectivity index (χ1) is 12.0. The lowest BCUT2D eigenvalue weighted by molar-refractivity contribution is -0.122. The average Bonchev–Trinajstić information content (AvgIpc) is 3.12. The van der Waals surface area contributed by atoms with Crippen LogP contribution in [0.2, 0.25) is 0 Å². The minimum absolute atomic E-state index is 0.355. The second-order valence-electron chi connectivity index (χ2n) is 5.07. The van der Waals surface area contributed by atoms with Gasteiger partial charge in [0.2, 0.25) is 0 Å². The van der Waals surface area contributed by atoms with Gasteiger partial charge in [0.1, 0.15) is 24.2 Å². The first-order valence-corrected chi connectivity index (χ1v) is 8.06. The molecule has 0 aliphatic heterocycles. The maximum absolute atomic E-state index is 13.1. The van der Waals surface area contributed by atoms with Crippen LogP contribution in [0.5, 0.6) is 5.75 Å². The number of aromatic nitrogens is 4. The van der Waals surface area contributed by atoms with Gasteiger partial charge in [0, 0.05) is 0 Å². The number of carbonyl (C=O) groups is 1. The van der Waals surface area contributed by atoms with E-state index in [2.05, 4.69) is 36.3 Å². The van der Waals surface area contributed by atoms with E-state index in [1.165, 1.54) is 41.7 Å². The molecule has 0 radical (unpaired) electrons. The molecule has 25 heavy (non-hydrogen) atoms. The Balaban J connectivity index is 1.63. The number of amides is 1. The van der Waals surface area contributed by atoms with E-state index in [9.17, 15) is 9.18 Å². The Morgan fingerprint density at radius 2 is 2.20 bits per heavy atom. The summed E-state index contributed by atoms with van der Waals surface area (Å²) in [6.07, 6.45) is 3.66. The SMILES string of the molecule is C[C@@H](Oc1ccc(F)cc1Br)C(=O)Nc1ccc(-n2cncn2)nc1. The summed E-state index contributed by atoms with van der Waals surface area (Å²) < 4.78 is 20.6.